The number of hydrogen-bond acceptors (Lipinski definition) is 5. The third kappa shape index (κ3) is 6.06. The number of ether oxygens (including phenoxy) is 1. The highest BCUT2D eigenvalue weighted by molar-refractivity contribution is 7.99. The van der Waals surface area contributed by atoms with Crippen LogP contribution in [0.5, 0.6) is 0 Å². The fourth-order valence-electron chi connectivity index (χ4n) is 2.17. The van der Waals surface area contributed by atoms with Crippen molar-refractivity contribution < 1.29 is 9.53 Å². The molecular weight excluding hydrogens is 298 g/mol. The van der Waals surface area contributed by atoms with Gasteiger partial charge >= 0.3 is 0 Å². The van der Waals surface area contributed by atoms with Crippen LogP contribution in [0.25, 0.3) is 0 Å². The van der Waals surface area contributed by atoms with Crippen molar-refractivity contribution in [1.29, 1.82) is 5.26 Å². The summed E-state index contributed by atoms with van der Waals surface area (Å²) in [6.45, 7) is 5.04. The van der Waals surface area contributed by atoms with Gasteiger partial charge < -0.3 is 10.1 Å². The number of carbonyl (C=O) groups is 1. The molecule has 0 radical (unpaired) electrons. The summed E-state index contributed by atoms with van der Waals surface area (Å²) < 4.78 is 5.29. The van der Waals surface area contributed by atoms with E-state index in [1.807, 2.05) is 12.1 Å². The van der Waals surface area contributed by atoms with Crippen LogP contribution < -0.4 is 5.32 Å². The summed E-state index contributed by atoms with van der Waals surface area (Å²) in [4.78, 5) is 14.1. The van der Waals surface area contributed by atoms with Crippen LogP contribution in [0.1, 0.15) is 11.1 Å². The molecule has 1 aromatic carbocycles. The van der Waals surface area contributed by atoms with Crippen molar-refractivity contribution in [2.75, 3.05) is 45.1 Å². The Kier molecular flexibility index (Phi) is 7.23. The van der Waals surface area contributed by atoms with Gasteiger partial charge in [0.15, 0.2) is 0 Å². The number of nitrogens with one attached hydrogen (secondary N) is 1. The molecule has 2 rings (SSSR count). The molecule has 0 unspecified atom stereocenters. The second kappa shape index (κ2) is 9.46. The third-order valence-electron chi connectivity index (χ3n) is 3.44. The van der Waals surface area contributed by atoms with Crippen LogP contribution in [0.2, 0.25) is 0 Å². The minimum atomic E-state index is 0.0758. The summed E-state index contributed by atoms with van der Waals surface area (Å²) in [5.74, 6) is 1.32. The molecule has 1 fully saturated rings. The number of amides is 1. The van der Waals surface area contributed by atoms with Crippen LogP contribution in [0.15, 0.2) is 24.3 Å². The average Bonchev–Trinajstić information content (AvgIpc) is 2.56. The van der Waals surface area contributed by atoms with Crippen molar-refractivity contribution in [1.82, 2.24) is 10.2 Å². The molecule has 0 aromatic heterocycles. The van der Waals surface area contributed by atoms with E-state index in [0.717, 1.165) is 44.2 Å². The lowest BCUT2D eigenvalue weighted by Crippen LogP contribution is -2.41. The number of carbonyl (C=O) groups excluding carboxylic acids is 1. The monoisotopic (exact) mass is 319 g/mol. The summed E-state index contributed by atoms with van der Waals surface area (Å²) in [5.41, 5.74) is 1.79. The molecular formula is C16H21N3O2S. The largest absolute Gasteiger partial charge is 0.379 e. The lowest BCUT2D eigenvalue weighted by atomic mass is 10.2. The Bertz CT molecular complexity index is 507. The Labute approximate surface area is 135 Å². The molecule has 22 heavy (non-hydrogen) atoms. The predicted octanol–water partition coefficient (Wildman–Crippen LogP) is 1.24. The molecule has 0 atom stereocenters. The summed E-state index contributed by atoms with van der Waals surface area (Å²) in [6, 6.07) is 9.57. The van der Waals surface area contributed by atoms with Gasteiger partial charge in [0.1, 0.15) is 0 Å². The van der Waals surface area contributed by atoms with E-state index >= 15 is 0 Å². The first-order chi connectivity index (χ1) is 10.8. The topological polar surface area (TPSA) is 65.4 Å². The fraction of sp³-hybridized carbons (Fsp3) is 0.500. The molecule has 0 aliphatic carbocycles. The average molecular weight is 319 g/mol. The van der Waals surface area contributed by atoms with E-state index < -0.39 is 0 Å². The van der Waals surface area contributed by atoms with Crippen LogP contribution in [0.4, 0.5) is 0 Å². The normalized spacial score (nSPS) is 15.2. The van der Waals surface area contributed by atoms with E-state index in [2.05, 4.69) is 16.3 Å². The maximum absolute atomic E-state index is 11.8. The molecule has 0 spiro atoms. The van der Waals surface area contributed by atoms with Crippen LogP contribution in [0.3, 0.4) is 0 Å². The van der Waals surface area contributed by atoms with Gasteiger partial charge in [-0.05, 0) is 17.7 Å². The van der Waals surface area contributed by atoms with Crippen molar-refractivity contribution in [3.05, 3.63) is 35.4 Å². The van der Waals surface area contributed by atoms with Crippen molar-refractivity contribution in [3.8, 4) is 6.07 Å². The van der Waals surface area contributed by atoms with E-state index in [1.165, 1.54) is 0 Å². The van der Waals surface area contributed by atoms with E-state index in [-0.39, 0.29) is 5.91 Å². The number of thioether (sulfide) groups is 1. The molecule has 5 nitrogen and oxygen atoms in total. The number of hydrogen-bond donors (Lipinski definition) is 1. The Balaban J connectivity index is 1.56. The van der Waals surface area contributed by atoms with Gasteiger partial charge in [-0.2, -0.15) is 5.26 Å². The quantitative estimate of drug-likeness (QED) is 0.819. The maximum Gasteiger partial charge on any atom is 0.230 e. The van der Waals surface area contributed by atoms with E-state index in [4.69, 9.17) is 10.00 Å². The minimum absolute atomic E-state index is 0.0758. The summed E-state index contributed by atoms with van der Waals surface area (Å²) >= 11 is 1.59. The molecule has 0 saturated carbocycles. The Hall–Kier alpha value is -1.55. The molecule has 1 saturated heterocycles. The molecule has 1 amide bonds. The highest BCUT2D eigenvalue weighted by Crippen LogP contribution is 2.12. The molecule has 1 aliphatic rings. The van der Waals surface area contributed by atoms with Gasteiger partial charge in [-0.3, -0.25) is 9.69 Å². The van der Waals surface area contributed by atoms with Crippen molar-refractivity contribution in [3.63, 3.8) is 0 Å². The highest BCUT2D eigenvalue weighted by Gasteiger charge is 2.10. The van der Waals surface area contributed by atoms with Crippen molar-refractivity contribution in [2.45, 2.75) is 5.75 Å². The third-order valence-corrected chi connectivity index (χ3v) is 4.44. The molecule has 0 bridgehead atoms. The number of nitriles is 1. The lowest BCUT2D eigenvalue weighted by Gasteiger charge is -2.26. The van der Waals surface area contributed by atoms with Crippen molar-refractivity contribution >= 4 is 17.7 Å². The first-order valence-electron chi connectivity index (χ1n) is 7.41. The van der Waals surface area contributed by atoms with Crippen molar-refractivity contribution in [2.24, 2.45) is 0 Å². The van der Waals surface area contributed by atoms with E-state index in [0.29, 0.717) is 17.9 Å². The van der Waals surface area contributed by atoms with Gasteiger partial charge in [0.25, 0.3) is 0 Å². The van der Waals surface area contributed by atoms with Gasteiger partial charge in [-0.15, -0.1) is 11.8 Å². The first-order valence-corrected chi connectivity index (χ1v) is 8.57. The predicted molar refractivity (Wildman–Crippen MR) is 87.6 cm³/mol. The van der Waals surface area contributed by atoms with E-state index in [1.54, 1.807) is 23.9 Å². The number of morpholine rings is 1. The summed E-state index contributed by atoms with van der Waals surface area (Å²) in [5, 5.41) is 11.7. The zero-order valence-corrected chi connectivity index (χ0v) is 13.4. The molecule has 1 heterocycles. The number of rotatable bonds is 7. The number of benzene rings is 1. The van der Waals surface area contributed by atoms with Gasteiger partial charge in [0, 0.05) is 31.9 Å². The van der Waals surface area contributed by atoms with Crippen LogP contribution in [-0.4, -0.2) is 56.0 Å². The first kappa shape index (κ1) is 16.8. The number of nitrogens with zero attached hydrogens (tertiary/aromatic N) is 2. The smallest absolute Gasteiger partial charge is 0.230 e. The standard InChI is InChI=1S/C16H21N3O2S/c17-11-14-1-3-15(4-2-14)12-22-13-16(20)18-5-6-19-7-9-21-10-8-19/h1-4H,5-10,12-13H2,(H,18,20). The molecule has 118 valence electrons. The van der Waals surface area contributed by atoms with Crippen LogP contribution in [0, 0.1) is 11.3 Å². The van der Waals surface area contributed by atoms with Crippen LogP contribution >= 0.6 is 11.8 Å². The highest BCUT2D eigenvalue weighted by atomic mass is 32.2. The summed E-state index contributed by atoms with van der Waals surface area (Å²) in [7, 11) is 0. The Morgan fingerprint density at radius 3 is 2.73 bits per heavy atom. The minimum Gasteiger partial charge on any atom is -0.379 e. The zero-order chi connectivity index (χ0) is 15.6. The van der Waals surface area contributed by atoms with Gasteiger partial charge in [-0.1, -0.05) is 12.1 Å². The molecule has 1 aromatic rings. The second-order valence-electron chi connectivity index (χ2n) is 5.11. The Morgan fingerprint density at radius 2 is 2.05 bits per heavy atom. The molecule has 1 N–H and O–H groups in total. The van der Waals surface area contributed by atoms with Crippen LogP contribution in [-0.2, 0) is 15.3 Å². The van der Waals surface area contributed by atoms with Gasteiger partial charge in [0.05, 0.1) is 30.6 Å². The lowest BCUT2D eigenvalue weighted by molar-refractivity contribution is -0.118. The fourth-order valence-corrected chi connectivity index (χ4v) is 2.98. The molecule has 1 aliphatic heterocycles. The molecule has 6 heteroatoms. The Morgan fingerprint density at radius 1 is 1.32 bits per heavy atom. The summed E-state index contributed by atoms with van der Waals surface area (Å²) in [6.07, 6.45) is 0. The SMILES string of the molecule is N#Cc1ccc(CSCC(=O)NCCN2CCOCC2)cc1. The second-order valence-corrected chi connectivity index (χ2v) is 6.09. The van der Waals surface area contributed by atoms with Gasteiger partial charge in [-0.25, -0.2) is 0 Å². The maximum atomic E-state index is 11.8. The zero-order valence-electron chi connectivity index (χ0n) is 12.6. The van der Waals surface area contributed by atoms with E-state index in [9.17, 15) is 4.79 Å². The van der Waals surface area contributed by atoms with Gasteiger partial charge in [0.2, 0.25) is 5.91 Å².